The third-order valence-corrected chi connectivity index (χ3v) is 4.58. The van der Waals surface area contributed by atoms with Crippen molar-refractivity contribution in [1.82, 2.24) is 10.2 Å². The smallest absolute Gasteiger partial charge is 0.0546 e. The van der Waals surface area contributed by atoms with Crippen molar-refractivity contribution in [1.29, 1.82) is 0 Å². The Morgan fingerprint density at radius 2 is 2.20 bits per heavy atom. The second-order valence-corrected chi connectivity index (χ2v) is 7.83. The van der Waals surface area contributed by atoms with Gasteiger partial charge in [-0.1, -0.05) is 0 Å². The van der Waals surface area contributed by atoms with Crippen molar-refractivity contribution in [3.63, 3.8) is 0 Å². The standard InChI is InChI=1S/C16H32N2O2/c1-15(2,3)17-11-16(6-4-8-20-13-16)12-18-7-5-14(9-18)10-19/h14,17,19H,4-13H2,1-3H3. The summed E-state index contributed by atoms with van der Waals surface area (Å²) in [5.41, 5.74) is 0.402. The highest BCUT2D eigenvalue weighted by atomic mass is 16.5. The molecule has 0 saturated carbocycles. The van der Waals surface area contributed by atoms with Crippen LogP contribution in [0.1, 0.15) is 40.0 Å². The highest BCUT2D eigenvalue weighted by Crippen LogP contribution is 2.31. The molecule has 118 valence electrons. The zero-order chi connectivity index (χ0) is 14.6. The summed E-state index contributed by atoms with van der Waals surface area (Å²) in [4.78, 5) is 2.53. The highest BCUT2D eigenvalue weighted by molar-refractivity contribution is 4.91. The molecule has 2 heterocycles. The second-order valence-electron chi connectivity index (χ2n) is 7.83. The molecule has 2 N–H and O–H groups in total. The molecule has 2 atom stereocenters. The number of nitrogens with zero attached hydrogens (tertiary/aromatic N) is 1. The Morgan fingerprint density at radius 1 is 1.40 bits per heavy atom. The fraction of sp³-hybridized carbons (Fsp3) is 1.00. The van der Waals surface area contributed by atoms with Crippen molar-refractivity contribution in [2.45, 2.75) is 45.6 Å². The predicted molar refractivity (Wildman–Crippen MR) is 81.9 cm³/mol. The molecule has 2 unspecified atom stereocenters. The van der Waals surface area contributed by atoms with Gasteiger partial charge in [-0.2, -0.15) is 0 Å². The summed E-state index contributed by atoms with van der Waals surface area (Å²) in [6.07, 6.45) is 3.56. The van der Waals surface area contributed by atoms with Gasteiger partial charge in [0.15, 0.2) is 0 Å². The van der Waals surface area contributed by atoms with Gasteiger partial charge in [0.2, 0.25) is 0 Å². The van der Waals surface area contributed by atoms with E-state index in [1.807, 2.05) is 0 Å². The molecule has 0 spiro atoms. The van der Waals surface area contributed by atoms with E-state index >= 15 is 0 Å². The minimum absolute atomic E-state index is 0.156. The molecular formula is C16H32N2O2. The quantitative estimate of drug-likeness (QED) is 0.803. The summed E-state index contributed by atoms with van der Waals surface area (Å²) in [6, 6.07) is 0. The molecule has 0 aliphatic carbocycles. The molecule has 0 amide bonds. The summed E-state index contributed by atoms with van der Waals surface area (Å²) in [6.45, 7) is 13.1. The van der Waals surface area contributed by atoms with E-state index in [0.29, 0.717) is 12.5 Å². The normalized spacial score (nSPS) is 32.7. The Morgan fingerprint density at radius 3 is 2.75 bits per heavy atom. The van der Waals surface area contributed by atoms with Crippen LogP contribution in [-0.2, 0) is 4.74 Å². The van der Waals surface area contributed by atoms with Gasteiger partial charge in [0, 0.05) is 43.8 Å². The van der Waals surface area contributed by atoms with Crippen molar-refractivity contribution < 1.29 is 9.84 Å². The fourth-order valence-electron chi connectivity index (χ4n) is 3.36. The van der Waals surface area contributed by atoms with E-state index in [0.717, 1.165) is 45.8 Å². The number of hydrogen-bond donors (Lipinski definition) is 2. The highest BCUT2D eigenvalue weighted by Gasteiger charge is 2.37. The molecule has 2 aliphatic heterocycles. The molecule has 0 aromatic heterocycles. The van der Waals surface area contributed by atoms with Crippen LogP contribution in [0.3, 0.4) is 0 Å². The van der Waals surface area contributed by atoms with Crippen LogP contribution < -0.4 is 5.32 Å². The number of aliphatic hydroxyl groups excluding tert-OH is 1. The Hall–Kier alpha value is -0.160. The summed E-state index contributed by atoms with van der Waals surface area (Å²) in [5, 5.41) is 13.0. The first-order valence-corrected chi connectivity index (χ1v) is 8.08. The number of aliphatic hydroxyl groups is 1. The lowest BCUT2D eigenvalue weighted by molar-refractivity contribution is -0.0263. The molecule has 0 radical (unpaired) electrons. The zero-order valence-electron chi connectivity index (χ0n) is 13.5. The maximum atomic E-state index is 9.30. The number of rotatable bonds is 5. The van der Waals surface area contributed by atoms with Gasteiger partial charge in [0.25, 0.3) is 0 Å². The maximum Gasteiger partial charge on any atom is 0.0546 e. The van der Waals surface area contributed by atoms with Crippen molar-refractivity contribution in [2.75, 3.05) is 46.0 Å². The monoisotopic (exact) mass is 284 g/mol. The molecule has 4 nitrogen and oxygen atoms in total. The van der Waals surface area contributed by atoms with Gasteiger partial charge in [0.05, 0.1) is 6.61 Å². The van der Waals surface area contributed by atoms with Crippen LogP contribution in [-0.4, -0.2) is 61.5 Å². The van der Waals surface area contributed by atoms with E-state index < -0.39 is 0 Å². The van der Waals surface area contributed by atoms with E-state index in [1.54, 1.807) is 0 Å². The topological polar surface area (TPSA) is 44.7 Å². The minimum Gasteiger partial charge on any atom is -0.396 e. The van der Waals surface area contributed by atoms with Gasteiger partial charge in [-0.15, -0.1) is 0 Å². The SMILES string of the molecule is CC(C)(C)NCC1(CN2CCC(CO)C2)CCCOC1. The van der Waals surface area contributed by atoms with E-state index in [9.17, 15) is 5.11 Å². The molecule has 0 bridgehead atoms. The Balaban J connectivity index is 1.92. The number of nitrogens with one attached hydrogen (secondary N) is 1. The van der Waals surface area contributed by atoms with E-state index in [-0.39, 0.29) is 11.0 Å². The van der Waals surface area contributed by atoms with Gasteiger partial charge < -0.3 is 20.1 Å². The molecule has 0 aromatic rings. The van der Waals surface area contributed by atoms with Gasteiger partial charge in [0.1, 0.15) is 0 Å². The van der Waals surface area contributed by atoms with Gasteiger partial charge in [-0.25, -0.2) is 0 Å². The lowest BCUT2D eigenvalue weighted by Gasteiger charge is -2.41. The molecule has 2 fully saturated rings. The van der Waals surface area contributed by atoms with Crippen LogP contribution >= 0.6 is 0 Å². The lowest BCUT2D eigenvalue weighted by atomic mass is 9.81. The summed E-state index contributed by atoms with van der Waals surface area (Å²) in [7, 11) is 0. The van der Waals surface area contributed by atoms with Crippen LogP contribution in [0.4, 0.5) is 0 Å². The van der Waals surface area contributed by atoms with Crippen LogP contribution in [0.2, 0.25) is 0 Å². The van der Waals surface area contributed by atoms with Crippen molar-refractivity contribution in [3.8, 4) is 0 Å². The van der Waals surface area contributed by atoms with Crippen LogP contribution in [0.15, 0.2) is 0 Å². The van der Waals surface area contributed by atoms with E-state index in [4.69, 9.17) is 4.74 Å². The van der Waals surface area contributed by atoms with Crippen LogP contribution in [0, 0.1) is 11.3 Å². The van der Waals surface area contributed by atoms with Crippen molar-refractivity contribution in [3.05, 3.63) is 0 Å². The molecule has 2 saturated heterocycles. The molecule has 20 heavy (non-hydrogen) atoms. The van der Waals surface area contributed by atoms with Gasteiger partial charge in [-0.05, 0) is 52.5 Å². The van der Waals surface area contributed by atoms with Gasteiger partial charge >= 0.3 is 0 Å². The Kier molecular flexibility index (Phi) is 5.46. The second kappa shape index (κ2) is 6.73. The molecule has 2 aliphatic rings. The summed E-state index contributed by atoms with van der Waals surface area (Å²) < 4.78 is 5.80. The third kappa shape index (κ3) is 4.69. The van der Waals surface area contributed by atoms with Gasteiger partial charge in [-0.3, -0.25) is 0 Å². The summed E-state index contributed by atoms with van der Waals surface area (Å²) in [5.74, 6) is 0.479. The van der Waals surface area contributed by atoms with E-state index in [2.05, 4.69) is 31.0 Å². The summed E-state index contributed by atoms with van der Waals surface area (Å²) >= 11 is 0. The Bertz CT molecular complexity index is 295. The first-order chi connectivity index (χ1) is 9.42. The molecule has 0 aromatic carbocycles. The van der Waals surface area contributed by atoms with Crippen LogP contribution in [0.25, 0.3) is 0 Å². The number of ether oxygens (including phenoxy) is 1. The number of likely N-dealkylation sites (tertiary alicyclic amines) is 1. The van der Waals surface area contributed by atoms with Crippen molar-refractivity contribution >= 4 is 0 Å². The first-order valence-electron chi connectivity index (χ1n) is 8.08. The average Bonchev–Trinajstić information content (AvgIpc) is 2.84. The fourth-order valence-corrected chi connectivity index (χ4v) is 3.36. The van der Waals surface area contributed by atoms with Crippen LogP contribution in [0.5, 0.6) is 0 Å². The predicted octanol–water partition coefficient (Wildman–Crippen LogP) is 1.49. The minimum atomic E-state index is 0.156. The maximum absolute atomic E-state index is 9.30. The zero-order valence-corrected chi connectivity index (χ0v) is 13.5. The molecule has 2 rings (SSSR count). The third-order valence-electron chi connectivity index (χ3n) is 4.58. The largest absolute Gasteiger partial charge is 0.396 e. The first kappa shape index (κ1) is 16.2. The van der Waals surface area contributed by atoms with Crippen molar-refractivity contribution in [2.24, 2.45) is 11.3 Å². The average molecular weight is 284 g/mol. The number of hydrogen-bond acceptors (Lipinski definition) is 4. The van der Waals surface area contributed by atoms with E-state index in [1.165, 1.54) is 12.8 Å². The molecular weight excluding hydrogens is 252 g/mol. The lowest BCUT2D eigenvalue weighted by Crippen LogP contribution is -2.52. The molecule has 4 heteroatoms. The Labute approximate surface area is 123 Å².